The van der Waals surface area contributed by atoms with Gasteiger partial charge in [0, 0.05) is 16.7 Å². The van der Waals surface area contributed by atoms with E-state index in [0.29, 0.717) is 5.82 Å². The minimum Gasteiger partial charge on any atom is -0.228 e. The second-order valence-corrected chi connectivity index (χ2v) is 13.0. The first kappa shape index (κ1) is 29.7. The van der Waals surface area contributed by atoms with Crippen molar-refractivity contribution in [3.63, 3.8) is 0 Å². The van der Waals surface area contributed by atoms with E-state index < -0.39 is 0 Å². The van der Waals surface area contributed by atoms with Crippen molar-refractivity contribution in [1.82, 2.24) is 9.97 Å². The molecule has 0 radical (unpaired) electrons. The zero-order valence-electron chi connectivity index (χ0n) is 27.8. The predicted octanol–water partition coefficient (Wildman–Crippen LogP) is 12.0. The van der Waals surface area contributed by atoms with Gasteiger partial charge in [0.1, 0.15) is 0 Å². The molecule has 2 aliphatic rings. The lowest BCUT2D eigenvalue weighted by atomic mass is 9.70. The molecule has 6 aromatic carbocycles. The number of nitrogens with zero attached hydrogens (tertiary/aromatic N) is 2. The Kier molecular flexibility index (Phi) is 7.10. The highest BCUT2D eigenvalue weighted by Gasteiger charge is 2.51. The molecule has 0 saturated carbocycles. The highest BCUT2D eigenvalue weighted by atomic mass is 14.9. The summed E-state index contributed by atoms with van der Waals surface area (Å²) in [6, 6.07) is 56.3. The van der Waals surface area contributed by atoms with Crippen LogP contribution in [0.4, 0.5) is 0 Å². The molecule has 0 aliphatic heterocycles. The van der Waals surface area contributed by atoms with Crippen molar-refractivity contribution in [3.05, 3.63) is 210 Å². The van der Waals surface area contributed by atoms with Crippen LogP contribution < -0.4 is 0 Å². The SMILES string of the molecule is C=C/C=C\C1=C(C)C2(c3ccccc31)c1ccccc1-c1ccc(-c3cccc(-c4cc(-c5ccccc5)nc(-c5ccccc5)n4)c3)cc12. The van der Waals surface area contributed by atoms with E-state index in [1.807, 2.05) is 30.3 Å². The normalized spacial score (nSPS) is 15.7. The number of benzene rings is 6. The molecular weight excluding hydrogens is 605 g/mol. The summed E-state index contributed by atoms with van der Waals surface area (Å²) in [7, 11) is 0. The third-order valence-corrected chi connectivity index (χ3v) is 10.4. The first-order valence-corrected chi connectivity index (χ1v) is 17.1. The number of allylic oxidation sites excluding steroid dienone is 5. The molecule has 0 saturated heterocycles. The largest absolute Gasteiger partial charge is 0.228 e. The summed E-state index contributed by atoms with van der Waals surface area (Å²) in [6.45, 7) is 6.27. The molecule has 1 heterocycles. The Morgan fingerprint density at radius 3 is 1.78 bits per heavy atom. The zero-order chi connectivity index (χ0) is 33.7. The van der Waals surface area contributed by atoms with E-state index in [9.17, 15) is 0 Å². The van der Waals surface area contributed by atoms with Gasteiger partial charge in [-0.05, 0) is 80.8 Å². The molecule has 9 rings (SSSR count). The maximum Gasteiger partial charge on any atom is 0.160 e. The van der Waals surface area contributed by atoms with Crippen molar-refractivity contribution in [1.29, 1.82) is 0 Å². The summed E-state index contributed by atoms with van der Waals surface area (Å²) in [5, 5.41) is 0. The van der Waals surface area contributed by atoms with Gasteiger partial charge in [0.2, 0.25) is 0 Å². The number of hydrogen-bond donors (Lipinski definition) is 0. The van der Waals surface area contributed by atoms with Gasteiger partial charge in [0.25, 0.3) is 0 Å². The zero-order valence-corrected chi connectivity index (χ0v) is 27.8. The van der Waals surface area contributed by atoms with Crippen LogP contribution in [0.1, 0.15) is 29.2 Å². The van der Waals surface area contributed by atoms with Crippen molar-refractivity contribution in [2.75, 3.05) is 0 Å². The van der Waals surface area contributed by atoms with Gasteiger partial charge >= 0.3 is 0 Å². The first-order valence-electron chi connectivity index (χ1n) is 17.1. The molecule has 2 nitrogen and oxygen atoms in total. The van der Waals surface area contributed by atoms with Gasteiger partial charge in [-0.2, -0.15) is 0 Å². The van der Waals surface area contributed by atoms with Gasteiger partial charge < -0.3 is 0 Å². The Morgan fingerprint density at radius 2 is 1.04 bits per heavy atom. The number of rotatable bonds is 6. The number of aromatic nitrogens is 2. The van der Waals surface area contributed by atoms with Crippen LogP contribution in [-0.4, -0.2) is 9.97 Å². The van der Waals surface area contributed by atoms with Gasteiger partial charge in [0.05, 0.1) is 16.8 Å². The third-order valence-electron chi connectivity index (χ3n) is 10.4. The highest BCUT2D eigenvalue weighted by molar-refractivity contribution is 5.97. The Hall–Kier alpha value is -6.38. The Balaban J connectivity index is 1.22. The average molecular weight is 639 g/mol. The molecule has 1 aromatic heterocycles. The lowest BCUT2D eigenvalue weighted by molar-refractivity contribution is 0.767. The number of hydrogen-bond acceptors (Lipinski definition) is 2. The van der Waals surface area contributed by atoms with Crippen LogP contribution in [0.3, 0.4) is 0 Å². The van der Waals surface area contributed by atoms with Crippen molar-refractivity contribution >= 4 is 5.57 Å². The molecule has 50 heavy (non-hydrogen) atoms. The van der Waals surface area contributed by atoms with E-state index >= 15 is 0 Å². The van der Waals surface area contributed by atoms with Gasteiger partial charge in [-0.3, -0.25) is 0 Å². The summed E-state index contributed by atoms with van der Waals surface area (Å²) < 4.78 is 0. The molecule has 2 aliphatic carbocycles. The summed E-state index contributed by atoms with van der Waals surface area (Å²) in [5.74, 6) is 0.716. The summed E-state index contributed by atoms with van der Waals surface area (Å²) in [5.41, 5.74) is 17.4. The molecule has 0 fully saturated rings. The minimum atomic E-state index is -0.376. The van der Waals surface area contributed by atoms with E-state index in [4.69, 9.17) is 9.97 Å². The van der Waals surface area contributed by atoms with Crippen LogP contribution in [0.5, 0.6) is 0 Å². The lowest BCUT2D eigenvalue weighted by Gasteiger charge is -2.31. The quantitative estimate of drug-likeness (QED) is 0.169. The van der Waals surface area contributed by atoms with Gasteiger partial charge in [-0.25, -0.2) is 9.97 Å². The third kappa shape index (κ3) is 4.57. The molecular formula is C48H34N2. The molecule has 7 aromatic rings. The smallest absolute Gasteiger partial charge is 0.160 e. The van der Waals surface area contributed by atoms with E-state index in [0.717, 1.165) is 33.6 Å². The van der Waals surface area contributed by atoms with E-state index in [1.54, 1.807) is 0 Å². The monoisotopic (exact) mass is 638 g/mol. The first-order chi connectivity index (χ1) is 24.7. The van der Waals surface area contributed by atoms with Gasteiger partial charge in [0.15, 0.2) is 5.82 Å². The summed E-state index contributed by atoms with van der Waals surface area (Å²) in [6.07, 6.45) is 6.13. The van der Waals surface area contributed by atoms with Crippen molar-refractivity contribution in [2.24, 2.45) is 0 Å². The fourth-order valence-electron chi connectivity index (χ4n) is 8.11. The molecule has 0 N–H and O–H groups in total. The van der Waals surface area contributed by atoms with Crippen LogP contribution in [0.15, 0.2) is 188 Å². The molecule has 2 heteroatoms. The Bertz CT molecular complexity index is 2450. The average Bonchev–Trinajstić information content (AvgIpc) is 3.62. The van der Waals surface area contributed by atoms with Crippen LogP contribution >= 0.6 is 0 Å². The molecule has 0 amide bonds. The lowest BCUT2D eigenvalue weighted by Crippen LogP contribution is -2.26. The summed E-state index contributed by atoms with van der Waals surface area (Å²) >= 11 is 0. The molecule has 1 unspecified atom stereocenters. The van der Waals surface area contributed by atoms with Crippen molar-refractivity contribution < 1.29 is 0 Å². The van der Waals surface area contributed by atoms with Crippen LogP contribution in [0, 0.1) is 0 Å². The maximum absolute atomic E-state index is 5.11. The molecule has 236 valence electrons. The second-order valence-electron chi connectivity index (χ2n) is 13.0. The Labute approximate surface area is 293 Å². The fraction of sp³-hybridized carbons (Fsp3) is 0.0417. The fourth-order valence-corrected chi connectivity index (χ4v) is 8.11. The van der Waals surface area contributed by atoms with Crippen LogP contribution in [-0.2, 0) is 5.41 Å². The van der Waals surface area contributed by atoms with Gasteiger partial charge in [-0.15, -0.1) is 0 Å². The van der Waals surface area contributed by atoms with Crippen molar-refractivity contribution in [2.45, 2.75) is 12.3 Å². The molecule has 0 bridgehead atoms. The van der Waals surface area contributed by atoms with E-state index in [2.05, 4.69) is 159 Å². The molecule has 1 spiro atoms. The van der Waals surface area contributed by atoms with Crippen LogP contribution in [0.2, 0.25) is 0 Å². The highest BCUT2D eigenvalue weighted by Crippen LogP contribution is 2.62. The predicted molar refractivity (Wildman–Crippen MR) is 207 cm³/mol. The van der Waals surface area contributed by atoms with E-state index in [1.165, 1.54) is 50.1 Å². The van der Waals surface area contributed by atoms with Crippen molar-refractivity contribution in [3.8, 4) is 56.2 Å². The summed E-state index contributed by atoms with van der Waals surface area (Å²) in [4.78, 5) is 10.1. The topological polar surface area (TPSA) is 25.8 Å². The minimum absolute atomic E-state index is 0.376. The van der Waals surface area contributed by atoms with Gasteiger partial charge in [-0.1, -0.05) is 164 Å². The standard InChI is InChI=1S/C48H34N2/c1-3-4-22-38-32(2)48(42-25-13-11-23-39(38)42)43-26-14-12-24-40(43)41-28-27-36(30-44(41)48)35-20-15-21-37(29-35)46-31-45(33-16-7-5-8-17-33)49-47(50-46)34-18-9-6-10-19-34/h3-31H,1H2,2H3/b22-4-. The molecule has 1 atom stereocenters. The van der Waals surface area contributed by atoms with Crippen LogP contribution in [0.25, 0.3) is 61.7 Å². The number of fused-ring (bicyclic) bond motifs is 7. The Morgan fingerprint density at radius 1 is 0.480 bits per heavy atom. The maximum atomic E-state index is 5.11. The second kappa shape index (κ2) is 11.9. The van der Waals surface area contributed by atoms with E-state index in [-0.39, 0.29) is 5.41 Å².